The summed E-state index contributed by atoms with van der Waals surface area (Å²) in [4.78, 5) is 39.4. The van der Waals surface area contributed by atoms with Gasteiger partial charge in [-0.1, -0.05) is 24.3 Å². The Morgan fingerprint density at radius 2 is 1.90 bits per heavy atom. The van der Waals surface area contributed by atoms with Gasteiger partial charge in [-0.25, -0.2) is 28.3 Å². The minimum atomic E-state index is -2.43. The average molecular weight is 563 g/mol. The first-order chi connectivity index (χ1) is 19.1. The van der Waals surface area contributed by atoms with Crippen molar-refractivity contribution in [1.82, 2.24) is 29.2 Å². The van der Waals surface area contributed by atoms with E-state index >= 15 is 0 Å². The van der Waals surface area contributed by atoms with Crippen molar-refractivity contribution in [2.24, 2.45) is 4.36 Å². The molecule has 0 radical (unpaired) electrons. The van der Waals surface area contributed by atoms with Gasteiger partial charge in [-0.3, -0.25) is 4.79 Å². The average Bonchev–Trinajstić information content (AvgIpc) is 3.19. The van der Waals surface area contributed by atoms with E-state index in [0.717, 1.165) is 24.1 Å². The molecule has 0 saturated carbocycles. The number of anilines is 2. The zero-order valence-corrected chi connectivity index (χ0v) is 23.0. The number of nitrogens with zero attached hydrogens (tertiary/aromatic N) is 7. The van der Waals surface area contributed by atoms with Crippen molar-refractivity contribution in [2.75, 3.05) is 30.9 Å². The van der Waals surface area contributed by atoms with Gasteiger partial charge in [0.1, 0.15) is 5.39 Å². The Balaban J connectivity index is 1.46. The number of allylic oxidation sites excluding steroid dienone is 1. The van der Waals surface area contributed by atoms with Crippen LogP contribution >= 0.6 is 0 Å². The molecule has 4 aromatic rings. The van der Waals surface area contributed by atoms with Crippen LogP contribution in [0.4, 0.5) is 22.2 Å². The van der Waals surface area contributed by atoms with E-state index in [-0.39, 0.29) is 17.9 Å². The van der Waals surface area contributed by atoms with Crippen molar-refractivity contribution >= 4 is 44.3 Å². The summed E-state index contributed by atoms with van der Waals surface area (Å²) in [5.41, 5.74) is 1.98. The van der Waals surface area contributed by atoms with Crippen LogP contribution in [0.5, 0.6) is 0 Å². The number of likely N-dealkylation sites (tertiary alicyclic amines) is 1. The smallest absolute Gasteiger partial charge is 0.407 e. The van der Waals surface area contributed by atoms with E-state index in [9.17, 15) is 18.9 Å². The Kier molecular flexibility index (Phi) is 7.39. The van der Waals surface area contributed by atoms with Gasteiger partial charge in [-0.2, -0.15) is 9.35 Å². The number of aromatic nitrogens is 5. The Hall–Kier alpha value is -4.52. The first-order valence-electron chi connectivity index (χ1n) is 12.7. The van der Waals surface area contributed by atoms with Gasteiger partial charge in [0.25, 0.3) is 5.56 Å². The second-order valence-electron chi connectivity index (χ2n) is 9.84. The van der Waals surface area contributed by atoms with Crippen molar-refractivity contribution in [1.29, 1.82) is 0 Å². The monoisotopic (exact) mass is 562 g/mol. The lowest BCUT2D eigenvalue weighted by Crippen LogP contribution is -2.36. The second-order valence-corrected chi connectivity index (χ2v) is 12.4. The third-order valence-electron chi connectivity index (χ3n) is 6.63. The molecule has 0 spiro atoms. The van der Waals surface area contributed by atoms with Gasteiger partial charge in [0.2, 0.25) is 5.95 Å². The number of pyridine rings is 1. The topological polar surface area (TPSA) is 148 Å². The van der Waals surface area contributed by atoms with E-state index in [2.05, 4.69) is 31.2 Å². The number of nitrogens with one attached hydrogen (secondary N) is 1. The third kappa shape index (κ3) is 5.73. The zero-order valence-electron chi connectivity index (χ0n) is 22.2. The van der Waals surface area contributed by atoms with Crippen LogP contribution in [0, 0.1) is 0 Å². The summed E-state index contributed by atoms with van der Waals surface area (Å²) in [6.07, 6.45) is 6.84. The predicted octanol–water partition coefficient (Wildman–Crippen LogP) is 4.12. The van der Waals surface area contributed by atoms with E-state index in [1.807, 2.05) is 24.3 Å². The van der Waals surface area contributed by atoms with E-state index in [1.54, 1.807) is 29.0 Å². The van der Waals surface area contributed by atoms with Crippen molar-refractivity contribution in [3.8, 4) is 5.82 Å². The van der Waals surface area contributed by atoms with Crippen LogP contribution in [0.15, 0.2) is 70.5 Å². The number of carboxylic acid groups (broad SMARTS) is 1. The van der Waals surface area contributed by atoms with Gasteiger partial charge in [0.05, 0.1) is 6.54 Å². The van der Waals surface area contributed by atoms with Gasteiger partial charge in [0, 0.05) is 47.2 Å². The fourth-order valence-electron chi connectivity index (χ4n) is 4.79. The second kappa shape index (κ2) is 10.9. The van der Waals surface area contributed by atoms with Gasteiger partial charge in [-0.15, -0.1) is 6.58 Å². The minimum absolute atomic E-state index is 0.214. The fraction of sp³-hybridized carbons (Fsp3) is 0.296. The molecule has 1 aliphatic heterocycles. The van der Waals surface area contributed by atoms with Gasteiger partial charge >= 0.3 is 6.09 Å². The highest BCUT2D eigenvalue weighted by Gasteiger charge is 2.23. The predicted molar refractivity (Wildman–Crippen MR) is 154 cm³/mol. The molecule has 1 aliphatic rings. The molecule has 0 aliphatic carbocycles. The number of piperidine rings is 1. The molecular weight excluding hydrogens is 532 g/mol. The fourth-order valence-corrected chi connectivity index (χ4v) is 5.34. The lowest BCUT2D eigenvalue weighted by atomic mass is 9.89. The lowest BCUT2D eigenvalue weighted by Gasteiger charge is -2.30. The van der Waals surface area contributed by atoms with Crippen LogP contribution in [-0.4, -0.2) is 70.2 Å². The summed E-state index contributed by atoms with van der Waals surface area (Å²) in [5.74, 6) is 1.28. The SMILES string of the molecule is C=CCn1c(=O)c2cnc(Nc3ccc(C4CCN(C(=O)O)CC4)cc3)nc2n1-c1cccc(N=S(C)(C)=O)n1. The van der Waals surface area contributed by atoms with E-state index in [4.69, 9.17) is 0 Å². The molecule has 0 unspecified atom stereocenters. The number of rotatable bonds is 7. The molecule has 0 bridgehead atoms. The van der Waals surface area contributed by atoms with Crippen LogP contribution in [0.3, 0.4) is 0 Å². The molecule has 4 heterocycles. The Morgan fingerprint density at radius 3 is 2.55 bits per heavy atom. The molecule has 208 valence electrons. The molecule has 13 heteroatoms. The molecule has 0 atom stereocenters. The Bertz CT molecular complexity index is 1750. The molecule has 5 rings (SSSR count). The number of fused-ring (bicyclic) bond motifs is 1. The van der Waals surface area contributed by atoms with Crippen LogP contribution in [0.1, 0.15) is 24.3 Å². The third-order valence-corrected chi connectivity index (χ3v) is 7.26. The summed E-state index contributed by atoms with van der Waals surface area (Å²) in [7, 11) is -2.43. The molecule has 40 heavy (non-hydrogen) atoms. The molecule has 3 aromatic heterocycles. The summed E-state index contributed by atoms with van der Waals surface area (Å²) in [6.45, 7) is 5.04. The summed E-state index contributed by atoms with van der Waals surface area (Å²) >= 11 is 0. The summed E-state index contributed by atoms with van der Waals surface area (Å²) in [6, 6.07) is 13.0. The molecule has 1 fully saturated rings. The lowest BCUT2D eigenvalue weighted by molar-refractivity contribution is 0.132. The van der Waals surface area contributed by atoms with Crippen molar-refractivity contribution in [3.63, 3.8) is 0 Å². The van der Waals surface area contributed by atoms with Gasteiger partial charge in [0.15, 0.2) is 17.3 Å². The normalized spacial score (nSPS) is 14.3. The molecular formula is C27H30N8O4S. The summed E-state index contributed by atoms with van der Waals surface area (Å²) < 4.78 is 19.5. The largest absolute Gasteiger partial charge is 0.465 e. The summed E-state index contributed by atoms with van der Waals surface area (Å²) in [5, 5.41) is 12.7. The van der Waals surface area contributed by atoms with Crippen molar-refractivity contribution in [3.05, 3.63) is 77.2 Å². The number of amides is 1. The van der Waals surface area contributed by atoms with Crippen LogP contribution in [0.2, 0.25) is 0 Å². The van der Waals surface area contributed by atoms with Gasteiger partial charge in [-0.05, 0) is 48.6 Å². The zero-order chi connectivity index (χ0) is 28.4. The first kappa shape index (κ1) is 27.1. The Labute approximate surface area is 231 Å². The molecule has 2 N–H and O–H groups in total. The van der Waals surface area contributed by atoms with Crippen LogP contribution in [-0.2, 0) is 16.3 Å². The number of hydrogen-bond acceptors (Lipinski definition) is 8. The number of benzene rings is 1. The maximum absolute atomic E-state index is 13.2. The van der Waals surface area contributed by atoms with E-state index in [0.29, 0.717) is 41.8 Å². The number of hydrogen-bond donors (Lipinski definition) is 2. The van der Waals surface area contributed by atoms with E-state index < -0.39 is 15.8 Å². The van der Waals surface area contributed by atoms with E-state index in [1.165, 1.54) is 28.3 Å². The van der Waals surface area contributed by atoms with Crippen molar-refractivity contribution in [2.45, 2.75) is 25.3 Å². The molecule has 1 amide bonds. The standard InChI is InChI=1S/C27H30N8O4S/c1-4-14-34-25(36)21-17-28-26(31-24(21)35(34)23-7-5-6-22(30-23)32-40(2,3)39)29-20-10-8-18(9-11-20)19-12-15-33(16-13-19)27(37)38/h4-11,17,19H,1,12-16H2,2-3H3,(H,37,38)(H,28,29,31). The highest BCUT2D eigenvalue weighted by molar-refractivity contribution is 7.92. The molecule has 12 nitrogen and oxygen atoms in total. The Morgan fingerprint density at radius 1 is 1.18 bits per heavy atom. The first-order valence-corrected chi connectivity index (χ1v) is 15.0. The van der Waals surface area contributed by atoms with Crippen LogP contribution in [0.25, 0.3) is 16.9 Å². The number of carbonyl (C=O) groups is 1. The van der Waals surface area contributed by atoms with Crippen LogP contribution < -0.4 is 10.9 Å². The maximum atomic E-state index is 13.2. The minimum Gasteiger partial charge on any atom is -0.465 e. The highest BCUT2D eigenvalue weighted by atomic mass is 32.2. The molecule has 1 aromatic carbocycles. The quantitative estimate of drug-likeness (QED) is 0.320. The highest BCUT2D eigenvalue weighted by Crippen LogP contribution is 2.29. The van der Waals surface area contributed by atoms with Crippen molar-refractivity contribution < 1.29 is 14.1 Å². The molecule has 1 saturated heterocycles. The van der Waals surface area contributed by atoms with Gasteiger partial charge < -0.3 is 15.3 Å². The maximum Gasteiger partial charge on any atom is 0.407 e.